The molecule has 0 aliphatic carbocycles. The maximum atomic E-state index is 12.7. The maximum absolute atomic E-state index is 12.7. The molecule has 0 spiro atoms. The van der Waals surface area contributed by atoms with Crippen molar-refractivity contribution in [3.63, 3.8) is 0 Å². The van der Waals surface area contributed by atoms with Crippen molar-refractivity contribution in [3.8, 4) is 0 Å². The van der Waals surface area contributed by atoms with Gasteiger partial charge in [-0.1, -0.05) is 48.5 Å². The van der Waals surface area contributed by atoms with Crippen molar-refractivity contribution in [2.24, 2.45) is 0 Å². The Bertz CT molecular complexity index is 1160. The summed E-state index contributed by atoms with van der Waals surface area (Å²) in [7, 11) is -3.54. The molecular formula is C25H29N2O4S+. The molecule has 6 nitrogen and oxygen atoms in total. The van der Waals surface area contributed by atoms with Crippen molar-refractivity contribution in [2.75, 3.05) is 13.1 Å². The Morgan fingerprint density at radius 3 is 2.41 bits per heavy atom. The Kier molecular flexibility index (Phi) is 6.77. The number of likely N-dealkylation sites (tertiary alicyclic amines) is 1. The van der Waals surface area contributed by atoms with Gasteiger partial charge in [0, 0.05) is 24.4 Å². The van der Waals surface area contributed by atoms with Crippen molar-refractivity contribution in [3.05, 3.63) is 89.4 Å². The highest BCUT2D eigenvalue weighted by atomic mass is 32.2. The van der Waals surface area contributed by atoms with Gasteiger partial charge in [0.1, 0.15) is 18.1 Å². The van der Waals surface area contributed by atoms with Crippen molar-refractivity contribution in [1.82, 2.24) is 5.32 Å². The quantitative estimate of drug-likeness (QED) is 0.576. The largest absolute Gasteiger partial charge is 0.455 e. The Labute approximate surface area is 189 Å². The van der Waals surface area contributed by atoms with Gasteiger partial charge in [0.2, 0.25) is 0 Å². The van der Waals surface area contributed by atoms with E-state index in [0.29, 0.717) is 5.56 Å². The number of hydrogen-bond acceptors (Lipinski definition) is 4. The number of furan rings is 1. The second-order valence-corrected chi connectivity index (χ2v) is 10.4. The predicted molar refractivity (Wildman–Crippen MR) is 122 cm³/mol. The van der Waals surface area contributed by atoms with Crippen LogP contribution in [0.2, 0.25) is 0 Å². The molecule has 7 heteroatoms. The molecule has 168 valence electrons. The highest BCUT2D eigenvalue weighted by Gasteiger charge is 2.25. The van der Waals surface area contributed by atoms with Gasteiger partial charge >= 0.3 is 0 Å². The molecule has 1 saturated heterocycles. The van der Waals surface area contributed by atoms with E-state index in [1.165, 1.54) is 10.5 Å². The molecule has 1 aliphatic heterocycles. The normalized spacial score (nSPS) is 18.9. The summed E-state index contributed by atoms with van der Waals surface area (Å²) in [4.78, 5) is 14.4. The van der Waals surface area contributed by atoms with Crippen molar-refractivity contribution in [2.45, 2.75) is 43.0 Å². The van der Waals surface area contributed by atoms with E-state index in [9.17, 15) is 13.2 Å². The van der Waals surface area contributed by atoms with Gasteiger partial charge in [0.25, 0.3) is 5.91 Å². The van der Waals surface area contributed by atoms with E-state index < -0.39 is 9.84 Å². The van der Waals surface area contributed by atoms with Crippen molar-refractivity contribution in [1.29, 1.82) is 0 Å². The van der Waals surface area contributed by atoms with Crippen LogP contribution in [0, 0.1) is 6.92 Å². The molecule has 3 aromatic rings. The van der Waals surface area contributed by atoms with Gasteiger partial charge in [-0.05, 0) is 30.7 Å². The molecule has 0 atom stereocenters. The van der Waals surface area contributed by atoms with E-state index in [1.807, 2.05) is 6.07 Å². The van der Waals surface area contributed by atoms with Gasteiger partial charge in [-0.3, -0.25) is 4.79 Å². The molecular weight excluding hydrogens is 424 g/mol. The molecule has 0 bridgehead atoms. The first-order valence-electron chi connectivity index (χ1n) is 11.0. The molecule has 1 amide bonds. The van der Waals surface area contributed by atoms with E-state index in [2.05, 4.69) is 29.6 Å². The van der Waals surface area contributed by atoms with Crippen LogP contribution in [0.25, 0.3) is 0 Å². The monoisotopic (exact) mass is 453 g/mol. The van der Waals surface area contributed by atoms with Crippen LogP contribution in [0.15, 0.2) is 76.0 Å². The third kappa shape index (κ3) is 5.47. The maximum Gasteiger partial charge on any atom is 0.287 e. The Morgan fingerprint density at radius 2 is 1.69 bits per heavy atom. The van der Waals surface area contributed by atoms with E-state index in [4.69, 9.17) is 4.42 Å². The van der Waals surface area contributed by atoms with Crippen LogP contribution in [0.5, 0.6) is 0 Å². The summed E-state index contributed by atoms with van der Waals surface area (Å²) in [5, 5.41) is 3.04. The zero-order chi connectivity index (χ0) is 22.6. The molecule has 4 rings (SSSR count). The lowest BCUT2D eigenvalue weighted by Crippen LogP contribution is -3.12. The van der Waals surface area contributed by atoms with Crippen LogP contribution < -0.4 is 10.2 Å². The molecule has 32 heavy (non-hydrogen) atoms. The van der Waals surface area contributed by atoms with Crippen LogP contribution >= 0.6 is 0 Å². The van der Waals surface area contributed by atoms with Crippen LogP contribution in [0.1, 0.15) is 40.3 Å². The topological polar surface area (TPSA) is 80.8 Å². The number of amides is 1. The summed E-state index contributed by atoms with van der Waals surface area (Å²) in [6.45, 7) is 4.76. The zero-order valence-corrected chi connectivity index (χ0v) is 19.0. The molecule has 0 radical (unpaired) electrons. The van der Waals surface area contributed by atoms with Gasteiger partial charge in [0.15, 0.2) is 15.6 Å². The fourth-order valence-corrected chi connectivity index (χ4v) is 5.77. The summed E-state index contributed by atoms with van der Waals surface area (Å²) in [5.74, 6) is -0.146. The first-order chi connectivity index (χ1) is 15.4. The minimum atomic E-state index is -3.54. The van der Waals surface area contributed by atoms with Crippen LogP contribution in [-0.2, 0) is 22.1 Å². The third-order valence-corrected chi connectivity index (χ3v) is 7.76. The summed E-state index contributed by atoms with van der Waals surface area (Å²) >= 11 is 0. The molecule has 0 saturated carbocycles. The number of carbonyl (C=O) groups is 1. The highest BCUT2D eigenvalue weighted by molar-refractivity contribution is 7.90. The summed E-state index contributed by atoms with van der Waals surface area (Å²) < 4.78 is 31.0. The van der Waals surface area contributed by atoms with Gasteiger partial charge in [0.05, 0.1) is 18.0 Å². The Hall–Kier alpha value is -2.90. The average molecular weight is 454 g/mol. The number of piperidine rings is 1. The lowest BCUT2D eigenvalue weighted by atomic mass is 10.0. The minimum absolute atomic E-state index is 0.103. The van der Waals surface area contributed by atoms with Crippen LogP contribution in [0.4, 0.5) is 0 Å². The van der Waals surface area contributed by atoms with Gasteiger partial charge in [-0.15, -0.1) is 0 Å². The summed E-state index contributed by atoms with van der Waals surface area (Å²) in [6.07, 6.45) is 1.81. The van der Waals surface area contributed by atoms with E-state index in [1.54, 1.807) is 43.3 Å². The SMILES string of the molecule is Cc1ccccc1S(=O)(=O)Cc1ccc(C(=O)NC2CC[NH+](Cc3ccccc3)CC2)o1. The second kappa shape index (κ2) is 9.71. The molecule has 2 aromatic carbocycles. The molecule has 0 unspecified atom stereocenters. The Balaban J connectivity index is 1.30. The molecule has 1 aromatic heterocycles. The summed E-state index contributed by atoms with van der Waals surface area (Å²) in [6, 6.07) is 20.5. The van der Waals surface area contributed by atoms with E-state index in [-0.39, 0.29) is 34.1 Å². The molecule has 2 N–H and O–H groups in total. The first-order valence-corrected chi connectivity index (χ1v) is 12.6. The van der Waals surface area contributed by atoms with Gasteiger partial charge < -0.3 is 14.6 Å². The fourth-order valence-electron chi connectivity index (χ4n) is 4.24. The zero-order valence-electron chi connectivity index (χ0n) is 18.2. The lowest BCUT2D eigenvalue weighted by molar-refractivity contribution is -0.918. The van der Waals surface area contributed by atoms with Crippen molar-refractivity contribution >= 4 is 15.7 Å². The number of aryl methyl sites for hydroxylation is 1. The average Bonchev–Trinajstić information content (AvgIpc) is 3.24. The fraction of sp³-hybridized carbons (Fsp3) is 0.320. The van der Waals surface area contributed by atoms with E-state index in [0.717, 1.165) is 32.5 Å². The smallest absolute Gasteiger partial charge is 0.287 e. The second-order valence-electron chi connectivity index (χ2n) is 8.45. The number of hydrogen-bond donors (Lipinski definition) is 2. The highest BCUT2D eigenvalue weighted by Crippen LogP contribution is 2.21. The molecule has 2 heterocycles. The number of quaternary nitrogens is 1. The number of rotatable bonds is 7. The van der Waals surface area contributed by atoms with Crippen molar-refractivity contribution < 1.29 is 22.5 Å². The first kappa shape index (κ1) is 22.3. The van der Waals surface area contributed by atoms with Gasteiger partial charge in [-0.2, -0.15) is 0 Å². The predicted octanol–water partition coefficient (Wildman–Crippen LogP) is 2.54. The lowest BCUT2D eigenvalue weighted by Gasteiger charge is -2.29. The Morgan fingerprint density at radius 1 is 1.00 bits per heavy atom. The van der Waals surface area contributed by atoms with E-state index >= 15 is 0 Å². The number of sulfone groups is 1. The van der Waals surface area contributed by atoms with Crippen LogP contribution in [-0.4, -0.2) is 33.5 Å². The molecule has 1 aliphatic rings. The standard InChI is InChI=1S/C25H28N2O4S/c1-19-7-5-6-10-24(19)32(29,30)18-22-11-12-23(31-22)25(28)26-21-13-15-27(16-14-21)17-20-8-3-2-4-9-20/h2-12,21H,13-18H2,1H3,(H,26,28)/p+1. The number of nitrogens with one attached hydrogen (secondary N) is 2. The third-order valence-electron chi connectivity index (χ3n) is 5.97. The number of carbonyl (C=O) groups excluding carboxylic acids is 1. The number of benzene rings is 2. The minimum Gasteiger partial charge on any atom is -0.455 e. The molecule has 1 fully saturated rings. The summed E-state index contributed by atoms with van der Waals surface area (Å²) in [5.41, 5.74) is 2.02. The van der Waals surface area contributed by atoms with Crippen LogP contribution in [0.3, 0.4) is 0 Å². The van der Waals surface area contributed by atoms with Gasteiger partial charge in [-0.25, -0.2) is 8.42 Å².